The molecule has 2 heterocycles. The number of hydrazine groups is 1. The van der Waals surface area contributed by atoms with Crippen LogP contribution >= 0.6 is 23.4 Å². The number of rotatable bonds is 4. The first kappa shape index (κ1) is 18.7. The molecule has 11 heteroatoms. The van der Waals surface area contributed by atoms with Gasteiger partial charge >= 0.3 is 0 Å². The Kier molecular flexibility index (Phi) is 5.57. The Balaban J connectivity index is 1.71. The summed E-state index contributed by atoms with van der Waals surface area (Å²) < 4.78 is 1.35. The van der Waals surface area contributed by atoms with E-state index in [2.05, 4.69) is 25.9 Å². The van der Waals surface area contributed by atoms with Crippen LogP contribution in [0.5, 0.6) is 5.75 Å². The van der Waals surface area contributed by atoms with Gasteiger partial charge in [-0.05, 0) is 18.4 Å². The summed E-state index contributed by atoms with van der Waals surface area (Å²) in [6, 6.07) is 8.94. The number of benzene rings is 1. The average molecular weight is 405 g/mol. The van der Waals surface area contributed by atoms with E-state index in [1.807, 2.05) is 6.07 Å². The minimum atomic E-state index is -0.800. The number of nitrogens with zero attached hydrogens (tertiary/aromatic N) is 4. The molecule has 0 aliphatic rings. The molecule has 3 aromatic rings. The Hall–Kier alpha value is -3.11. The van der Waals surface area contributed by atoms with Crippen LogP contribution in [-0.4, -0.2) is 42.9 Å². The van der Waals surface area contributed by atoms with Crippen molar-refractivity contribution in [1.82, 2.24) is 30.6 Å². The van der Waals surface area contributed by atoms with Gasteiger partial charge in [0.05, 0.1) is 23.1 Å². The molecule has 0 bridgehead atoms. The summed E-state index contributed by atoms with van der Waals surface area (Å²) in [6.45, 7) is 0. The molecule has 9 nitrogen and oxygen atoms in total. The van der Waals surface area contributed by atoms with Gasteiger partial charge < -0.3 is 5.11 Å². The van der Waals surface area contributed by atoms with E-state index in [1.165, 1.54) is 28.8 Å². The number of halogens is 1. The predicted octanol–water partition coefficient (Wildman–Crippen LogP) is 1.82. The van der Waals surface area contributed by atoms with Crippen LogP contribution in [0.15, 0.2) is 47.9 Å². The van der Waals surface area contributed by atoms with Gasteiger partial charge in [-0.15, -0.1) is 0 Å². The molecular weight excluding hydrogens is 392 g/mol. The van der Waals surface area contributed by atoms with Crippen LogP contribution < -0.4 is 10.9 Å². The highest BCUT2D eigenvalue weighted by Gasteiger charge is 2.19. The second-order valence-corrected chi connectivity index (χ2v) is 6.29. The molecule has 2 amide bonds. The minimum absolute atomic E-state index is 0.0377. The van der Waals surface area contributed by atoms with E-state index in [0.29, 0.717) is 10.8 Å². The lowest BCUT2D eigenvalue weighted by atomic mass is 10.3. The lowest BCUT2D eigenvalue weighted by molar-refractivity contribution is 0.0839. The van der Waals surface area contributed by atoms with E-state index < -0.39 is 11.8 Å². The van der Waals surface area contributed by atoms with Crippen LogP contribution in [0.3, 0.4) is 0 Å². The van der Waals surface area contributed by atoms with Gasteiger partial charge in [-0.25, -0.2) is 14.6 Å². The maximum Gasteiger partial charge on any atom is 0.294 e. The minimum Gasteiger partial charge on any atom is -0.504 e. The van der Waals surface area contributed by atoms with Gasteiger partial charge in [0.25, 0.3) is 11.8 Å². The predicted molar refractivity (Wildman–Crippen MR) is 99.0 cm³/mol. The van der Waals surface area contributed by atoms with E-state index in [4.69, 9.17) is 11.6 Å². The SMILES string of the molecule is CSc1ncc(Cl)c(C(=O)NNC(=O)c2nn(-c3ccccc3)cc2O)n1. The van der Waals surface area contributed by atoms with Gasteiger partial charge in [-0.2, -0.15) is 5.10 Å². The number of hydrogen-bond acceptors (Lipinski definition) is 7. The van der Waals surface area contributed by atoms with Crippen molar-refractivity contribution in [1.29, 1.82) is 0 Å². The molecule has 0 saturated heterocycles. The Morgan fingerprint density at radius 3 is 2.48 bits per heavy atom. The average Bonchev–Trinajstić information content (AvgIpc) is 3.08. The molecule has 0 radical (unpaired) electrons. The summed E-state index contributed by atoms with van der Waals surface area (Å²) in [6.07, 6.45) is 4.33. The monoisotopic (exact) mass is 404 g/mol. The van der Waals surface area contributed by atoms with E-state index in [0.717, 1.165) is 0 Å². The van der Waals surface area contributed by atoms with Crippen molar-refractivity contribution in [2.75, 3.05) is 6.26 Å². The molecule has 0 unspecified atom stereocenters. The Labute approximate surface area is 162 Å². The molecule has 0 aliphatic carbocycles. The first-order valence-corrected chi connectivity index (χ1v) is 9.11. The zero-order valence-electron chi connectivity index (χ0n) is 13.9. The van der Waals surface area contributed by atoms with Gasteiger partial charge in [0.2, 0.25) is 0 Å². The fourth-order valence-corrected chi connectivity index (χ4v) is 2.60. The second-order valence-electron chi connectivity index (χ2n) is 5.10. The standard InChI is InChI=1S/C16H13ClN6O3S/c1-27-16-18-7-10(17)12(19-16)14(25)20-21-15(26)13-11(24)8-23(22-13)9-5-3-2-4-6-9/h2-8,24H,1H3,(H,20,25)(H,21,26). The van der Waals surface area contributed by atoms with Crippen LogP contribution in [-0.2, 0) is 0 Å². The van der Waals surface area contributed by atoms with Crippen LogP contribution in [0, 0.1) is 0 Å². The van der Waals surface area contributed by atoms with Gasteiger partial charge in [-0.3, -0.25) is 20.4 Å². The number of aromatic nitrogens is 4. The number of aromatic hydroxyl groups is 1. The fourth-order valence-electron chi connectivity index (χ4n) is 2.08. The van der Waals surface area contributed by atoms with Crippen molar-refractivity contribution in [3.8, 4) is 11.4 Å². The lowest BCUT2D eigenvalue weighted by Crippen LogP contribution is -2.42. The largest absolute Gasteiger partial charge is 0.504 e. The first-order chi connectivity index (χ1) is 13.0. The van der Waals surface area contributed by atoms with Gasteiger partial charge in [0, 0.05) is 0 Å². The fraction of sp³-hybridized carbons (Fsp3) is 0.0625. The number of para-hydroxylation sites is 1. The number of nitrogens with one attached hydrogen (secondary N) is 2. The van der Waals surface area contributed by atoms with Crippen molar-refractivity contribution in [3.05, 3.63) is 59.1 Å². The van der Waals surface area contributed by atoms with Crippen molar-refractivity contribution in [2.24, 2.45) is 0 Å². The summed E-state index contributed by atoms with van der Waals surface area (Å²) in [5.74, 6) is -1.87. The molecule has 0 aliphatic heterocycles. The highest BCUT2D eigenvalue weighted by atomic mass is 35.5. The lowest BCUT2D eigenvalue weighted by Gasteiger charge is -2.07. The quantitative estimate of drug-likeness (QED) is 0.344. The third kappa shape index (κ3) is 4.18. The Morgan fingerprint density at radius 1 is 1.15 bits per heavy atom. The van der Waals surface area contributed by atoms with E-state index in [9.17, 15) is 14.7 Å². The maximum atomic E-state index is 12.2. The van der Waals surface area contributed by atoms with Crippen molar-refractivity contribution in [3.63, 3.8) is 0 Å². The summed E-state index contributed by atoms with van der Waals surface area (Å²) in [4.78, 5) is 32.3. The molecule has 0 spiro atoms. The first-order valence-electron chi connectivity index (χ1n) is 7.51. The Bertz CT molecular complexity index is 995. The third-order valence-electron chi connectivity index (χ3n) is 3.34. The molecule has 0 saturated carbocycles. The molecule has 138 valence electrons. The van der Waals surface area contributed by atoms with E-state index in [-0.39, 0.29) is 22.2 Å². The topological polar surface area (TPSA) is 122 Å². The van der Waals surface area contributed by atoms with Crippen molar-refractivity contribution in [2.45, 2.75) is 5.16 Å². The molecule has 27 heavy (non-hydrogen) atoms. The summed E-state index contributed by atoms with van der Waals surface area (Å²) in [7, 11) is 0. The summed E-state index contributed by atoms with van der Waals surface area (Å²) >= 11 is 7.15. The molecule has 0 fully saturated rings. The molecule has 1 aromatic carbocycles. The van der Waals surface area contributed by atoms with Crippen molar-refractivity contribution < 1.29 is 14.7 Å². The Morgan fingerprint density at radius 2 is 1.81 bits per heavy atom. The third-order valence-corrected chi connectivity index (χ3v) is 4.18. The van der Waals surface area contributed by atoms with Gasteiger partial charge in [-0.1, -0.05) is 41.6 Å². The number of amides is 2. The maximum absolute atomic E-state index is 12.2. The van der Waals surface area contributed by atoms with Crippen LogP contribution in [0.1, 0.15) is 21.0 Å². The number of thioether (sulfide) groups is 1. The molecular formula is C16H13ClN6O3S. The second kappa shape index (κ2) is 8.06. The zero-order chi connectivity index (χ0) is 19.4. The number of carbonyl (C=O) groups excluding carboxylic acids is 2. The molecule has 3 rings (SSSR count). The van der Waals surface area contributed by atoms with Crippen LogP contribution in [0.25, 0.3) is 5.69 Å². The summed E-state index contributed by atoms with van der Waals surface area (Å²) in [5.41, 5.74) is 4.67. The molecule has 3 N–H and O–H groups in total. The van der Waals surface area contributed by atoms with E-state index in [1.54, 1.807) is 30.5 Å². The van der Waals surface area contributed by atoms with Gasteiger partial charge in [0.15, 0.2) is 22.3 Å². The number of hydrogen-bond donors (Lipinski definition) is 3. The summed E-state index contributed by atoms with van der Waals surface area (Å²) in [5, 5.41) is 14.4. The van der Waals surface area contributed by atoms with Gasteiger partial charge in [0.1, 0.15) is 0 Å². The molecule has 0 atom stereocenters. The van der Waals surface area contributed by atoms with Crippen LogP contribution in [0.2, 0.25) is 5.02 Å². The highest BCUT2D eigenvalue weighted by Crippen LogP contribution is 2.18. The zero-order valence-corrected chi connectivity index (χ0v) is 15.5. The smallest absolute Gasteiger partial charge is 0.294 e. The normalized spacial score (nSPS) is 10.4. The molecule has 2 aromatic heterocycles. The number of carbonyl (C=O) groups is 2. The highest BCUT2D eigenvalue weighted by molar-refractivity contribution is 7.98. The van der Waals surface area contributed by atoms with Crippen LogP contribution in [0.4, 0.5) is 0 Å². The van der Waals surface area contributed by atoms with E-state index >= 15 is 0 Å². The van der Waals surface area contributed by atoms with Crippen molar-refractivity contribution >= 4 is 35.2 Å².